The van der Waals surface area contributed by atoms with Crippen LogP contribution in [0.1, 0.15) is 6.92 Å². The summed E-state index contributed by atoms with van der Waals surface area (Å²) in [7, 11) is 0. The Morgan fingerprint density at radius 2 is 1.95 bits per heavy atom. The van der Waals surface area contributed by atoms with Gasteiger partial charge in [-0.25, -0.2) is 0 Å². The van der Waals surface area contributed by atoms with Crippen LogP contribution in [0.4, 0.5) is 11.4 Å². The number of carbonyl (C=O) groups is 3. The second-order valence-electron chi connectivity index (χ2n) is 4.09. The zero-order valence-electron chi connectivity index (χ0n) is 10.2. The number of Topliss-reactive ketones (excluding diaryl/α,β-unsaturated/α-hetero) is 1. The van der Waals surface area contributed by atoms with Crippen LogP contribution in [-0.2, 0) is 14.4 Å². The van der Waals surface area contributed by atoms with Crippen molar-refractivity contribution in [2.45, 2.75) is 6.92 Å². The van der Waals surface area contributed by atoms with Crippen LogP contribution in [0.5, 0.6) is 0 Å². The molecule has 1 aromatic carbocycles. The molecule has 0 atom stereocenters. The molecule has 0 bridgehead atoms. The summed E-state index contributed by atoms with van der Waals surface area (Å²) in [6, 6.07) is 6.51. The van der Waals surface area contributed by atoms with Crippen LogP contribution in [0.25, 0.3) is 0 Å². The summed E-state index contributed by atoms with van der Waals surface area (Å²) in [5.74, 6) is -1.14. The van der Waals surface area contributed by atoms with E-state index in [9.17, 15) is 14.4 Å². The Hall–Kier alpha value is -2.63. The molecule has 2 rings (SSSR count). The number of rotatable bonds is 2. The van der Waals surface area contributed by atoms with Gasteiger partial charge in [0.25, 0.3) is 5.91 Å². The Kier molecular flexibility index (Phi) is 3.33. The maximum Gasteiger partial charge on any atom is 0.265 e. The Morgan fingerprint density at radius 3 is 2.42 bits per heavy atom. The van der Waals surface area contributed by atoms with Crippen LogP contribution in [0.2, 0.25) is 0 Å². The van der Waals surface area contributed by atoms with Crippen LogP contribution in [0, 0.1) is 0 Å². The minimum atomic E-state index is -0.528. The number of benzene rings is 1. The molecule has 1 aliphatic rings. The fourth-order valence-corrected chi connectivity index (χ4v) is 1.83. The number of aliphatic hydroxyl groups excluding tert-OH is 1. The average Bonchev–Trinajstić information content (AvgIpc) is 2.64. The summed E-state index contributed by atoms with van der Waals surface area (Å²) in [5.41, 5.74) is 0.919. The molecule has 1 aromatic rings. The van der Waals surface area contributed by atoms with Gasteiger partial charge in [0.15, 0.2) is 5.78 Å². The van der Waals surface area contributed by atoms with E-state index in [0.29, 0.717) is 17.6 Å². The van der Waals surface area contributed by atoms with Crippen LogP contribution < -0.4 is 10.2 Å². The van der Waals surface area contributed by atoms with Gasteiger partial charge in [0.1, 0.15) is 5.57 Å². The predicted molar refractivity (Wildman–Crippen MR) is 68.8 cm³/mol. The maximum atomic E-state index is 11.8. The molecule has 98 valence electrons. The number of nitrogens with zero attached hydrogens (tertiary/aromatic N) is 1. The van der Waals surface area contributed by atoms with Gasteiger partial charge in [-0.05, 0) is 24.3 Å². The van der Waals surface area contributed by atoms with Crippen molar-refractivity contribution in [3.63, 3.8) is 0 Å². The minimum absolute atomic E-state index is 0.0925. The molecule has 1 saturated heterocycles. The first-order valence-corrected chi connectivity index (χ1v) is 5.60. The number of hydrogen-bond acceptors (Lipinski definition) is 4. The van der Waals surface area contributed by atoms with Gasteiger partial charge in [0.05, 0.1) is 12.8 Å². The Balaban J connectivity index is 2.22. The van der Waals surface area contributed by atoms with Crippen molar-refractivity contribution < 1.29 is 19.5 Å². The van der Waals surface area contributed by atoms with Gasteiger partial charge in [0, 0.05) is 18.3 Å². The molecule has 19 heavy (non-hydrogen) atoms. The zero-order valence-corrected chi connectivity index (χ0v) is 10.2. The third kappa shape index (κ3) is 2.47. The van der Waals surface area contributed by atoms with E-state index >= 15 is 0 Å². The van der Waals surface area contributed by atoms with Gasteiger partial charge in [-0.3, -0.25) is 14.4 Å². The monoisotopic (exact) mass is 260 g/mol. The van der Waals surface area contributed by atoms with E-state index in [2.05, 4.69) is 5.32 Å². The van der Waals surface area contributed by atoms with E-state index in [4.69, 9.17) is 5.11 Å². The van der Waals surface area contributed by atoms with E-state index in [1.165, 1.54) is 11.8 Å². The highest BCUT2D eigenvalue weighted by atomic mass is 16.2. The lowest BCUT2D eigenvalue weighted by Gasteiger charge is -2.14. The van der Waals surface area contributed by atoms with Crippen molar-refractivity contribution in [2.75, 3.05) is 16.8 Å². The van der Waals surface area contributed by atoms with Crippen molar-refractivity contribution in [2.24, 2.45) is 0 Å². The number of hydrogen-bond donors (Lipinski definition) is 2. The zero-order chi connectivity index (χ0) is 14.0. The number of aliphatic hydroxyl groups is 1. The summed E-state index contributed by atoms with van der Waals surface area (Å²) in [5, 5.41) is 11.4. The molecule has 0 saturated carbocycles. The Morgan fingerprint density at radius 1 is 1.32 bits per heavy atom. The molecule has 0 aliphatic carbocycles. The third-order valence-corrected chi connectivity index (χ3v) is 2.71. The van der Waals surface area contributed by atoms with Crippen molar-refractivity contribution >= 4 is 29.0 Å². The van der Waals surface area contributed by atoms with Crippen LogP contribution in [0.15, 0.2) is 36.1 Å². The Bertz CT molecular complexity index is 575. The SMILES string of the molecule is CC(=O)Nc1ccc(N2CC(=O)/C(=C/O)C2=O)cc1. The van der Waals surface area contributed by atoms with Crippen LogP contribution in [-0.4, -0.2) is 29.2 Å². The summed E-state index contributed by atoms with van der Waals surface area (Å²) in [6.45, 7) is 1.31. The molecule has 0 unspecified atom stereocenters. The second-order valence-corrected chi connectivity index (χ2v) is 4.09. The van der Waals surface area contributed by atoms with Gasteiger partial charge in [0.2, 0.25) is 5.91 Å². The number of amides is 2. The molecule has 6 nitrogen and oxygen atoms in total. The standard InChI is InChI=1S/C13H12N2O4/c1-8(17)14-9-2-4-10(5-3-9)15-6-12(18)11(7-16)13(15)19/h2-5,7,16H,6H2,1H3,(H,14,17)/b11-7-. The molecule has 2 amide bonds. The second kappa shape index (κ2) is 4.93. The highest BCUT2D eigenvalue weighted by Crippen LogP contribution is 2.24. The molecule has 1 fully saturated rings. The van der Waals surface area contributed by atoms with E-state index in [1.54, 1.807) is 24.3 Å². The number of nitrogens with one attached hydrogen (secondary N) is 1. The number of anilines is 2. The van der Waals surface area contributed by atoms with E-state index < -0.39 is 11.7 Å². The van der Waals surface area contributed by atoms with Crippen molar-refractivity contribution in [1.29, 1.82) is 0 Å². The molecule has 2 N–H and O–H groups in total. The lowest BCUT2D eigenvalue weighted by Crippen LogP contribution is -2.24. The van der Waals surface area contributed by atoms with Crippen molar-refractivity contribution in [3.8, 4) is 0 Å². The van der Waals surface area contributed by atoms with Gasteiger partial charge in [-0.15, -0.1) is 0 Å². The fraction of sp³-hybridized carbons (Fsp3) is 0.154. The summed E-state index contributed by atoms with van der Waals surface area (Å²) in [4.78, 5) is 35.4. The highest BCUT2D eigenvalue weighted by Gasteiger charge is 2.34. The van der Waals surface area contributed by atoms with Crippen molar-refractivity contribution in [3.05, 3.63) is 36.1 Å². The lowest BCUT2D eigenvalue weighted by atomic mass is 10.2. The first-order valence-electron chi connectivity index (χ1n) is 5.60. The van der Waals surface area contributed by atoms with Gasteiger partial charge >= 0.3 is 0 Å². The Labute approximate surface area is 109 Å². The van der Waals surface area contributed by atoms with Gasteiger partial charge in [-0.2, -0.15) is 0 Å². The summed E-state index contributed by atoms with van der Waals surface area (Å²) >= 11 is 0. The molecule has 1 aliphatic heterocycles. The highest BCUT2D eigenvalue weighted by molar-refractivity contribution is 6.31. The smallest absolute Gasteiger partial charge is 0.265 e. The molecule has 0 spiro atoms. The van der Waals surface area contributed by atoms with E-state index in [-0.39, 0.29) is 18.0 Å². The molecule has 6 heteroatoms. The van der Waals surface area contributed by atoms with Crippen molar-refractivity contribution in [1.82, 2.24) is 0 Å². The van der Waals surface area contributed by atoms with Gasteiger partial charge < -0.3 is 15.3 Å². The minimum Gasteiger partial charge on any atom is -0.515 e. The summed E-state index contributed by atoms with van der Waals surface area (Å²) < 4.78 is 0. The molecule has 0 radical (unpaired) electrons. The molecule has 1 heterocycles. The number of carbonyl (C=O) groups excluding carboxylic acids is 3. The van der Waals surface area contributed by atoms with Crippen LogP contribution in [0.3, 0.4) is 0 Å². The molecular formula is C13H12N2O4. The maximum absolute atomic E-state index is 11.8. The topological polar surface area (TPSA) is 86.7 Å². The molecular weight excluding hydrogens is 248 g/mol. The quantitative estimate of drug-likeness (QED) is 0.472. The largest absolute Gasteiger partial charge is 0.515 e. The predicted octanol–water partition coefficient (Wildman–Crippen LogP) is 1.00. The summed E-state index contributed by atoms with van der Waals surface area (Å²) in [6.07, 6.45) is 0.538. The normalized spacial score (nSPS) is 17.1. The number of ketones is 1. The fourth-order valence-electron chi connectivity index (χ4n) is 1.83. The lowest BCUT2D eigenvalue weighted by molar-refractivity contribution is -0.116. The first-order chi connectivity index (χ1) is 9.02. The first kappa shape index (κ1) is 12.8. The third-order valence-electron chi connectivity index (χ3n) is 2.71. The average molecular weight is 260 g/mol. The van der Waals surface area contributed by atoms with Crippen LogP contribution >= 0.6 is 0 Å². The van der Waals surface area contributed by atoms with E-state index in [0.717, 1.165) is 0 Å². The van der Waals surface area contributed by atoms with Gasteiger partial charge in [-0.1, -0.05) is 0 Å². The molecule has 0 aromatic heterocycles. The van der Waals surface area contributed by atoms with E-state index in [1.807, 2.05) is 0 Å².